The molecule has 1 aliphatic heterocycles. The summed E-state index contributed by atoms with van der Waals surface area (Å²) in [5.41, 5.74) is 0. The normalized spacial score (nSPS) is 31.5. The molecule has 1 aliphatic carbocycles. The van der Waals surface area contributed by atoms with Crippen LogP contribution in [0.5, 0.6) is 0 Å². The third-order valence-corrected chi connectivity index (χ3v) is 2.83. The number of nitrogens with one attached hydrogen (secondary N) is 1. The first kappa shape index (κ1) is 10.5. The van der Waals surface area contributed by atoms with Crippen molar-refractivity contribution in [2.45, 2.75) is 45.1 Å². The van der Waals surface area contributed by atoms with Crippen LogP contribution < -0.4 is 5.32 Å². The Morgan fingerprint density at radius 3 is 2.54 bits per heavy atom. The number of fused-ring (bicyclic) bond motifs is 1. The summed E-state index contributed by atoms with van der Waals surface area (Å²) >= 11 is 0. The fraction of sp³-hybridized carbons (Fsp3) is 0.900. The molecule has 0 aromatic carbocycles. The summed E-state index contributed by atoms with van der Waals surface area (Å²) in [5.74, 6) is 0.221. The molecule has 2 aliphatic rings. The van der Waals surface area contributed by atoms with Gasteiger partial charge in [0.1, 0.15) is 0 Å². The fourth-order valence-corrected chi connectivity index (χ4v) is 2.28. The average Bonchev–Trinajstić information content (AvgIpc) is 2.49. The van der Waals surface area contributed by atoms with Gasteiger partial charge in [0.2, 0.25) is 0 Å². The van der Waals surface area contributed by atoms with Crippen molar-refractivity contribution < 1.29 is 9.90 Å². The van der Waals surface area contributed by atoms with Crippen LogP contribution in [0, 0.1) is 5.92 Å². The van der Waals surface area contributed by atoms with E-state index in [1.807, 2.05) is 0 Å². The molecule has 3 nitrogen and oxygen atoms in total. The Morgan fingerprint density at radius 2 is 1.92 bits per heavy atom. The maximum atomic E-state index is 9.00. The molecule has 2 fully saturated rings. The van der Waals surface area contributed by atoms with Gasteiger partial charge in [-0.2, -0.15) is 0 Å². The molecular weight excluding hydrogens is 166 g/mol. The zero-order valence-electron chi connectivity index (χ0n) is 8.25. The third-order valence-electron chi connectivity index (χ3n) is 2.83. The second-order valence-electron chi connectivity index (χ2n) is 3.91. The molecule has 0 aromatic rings. The van der Waals surface area contributed by atoms with Crippen molar-refractivity contribution >= 4 is 5.97 Å². The van der Waals surface area contributed by atoms with E-state index in [4.69, 9.17) is 9.90 Å². The highest BCUT2D eigenvalue weighted by atomic mass is 16.4. The van der Waals surface area contributed by atoms with Crippen LogP contribution in [0.4, 0.5) is 0 Å². The maximum Gasteiger partial charge on any atom is 0.300 e. The van der Waals surface area contributed by atoms with Gasteiger partial charge in [0.15, 0.2) is 0 Å². The molecular formula is C10H19NO2. The van der Waals surface area contributed by atoms with Gasteiger partial charge in [0.25, 0.3) is 5.97 Å². The number of aliphatic carboxylic acids is 1. The minimum atomic E-state index is -0.833. The van der Waals surface area contributed by atoms with E-state index in [2.05, 4.69) is 5.32 Å². The lowest BCUT2D eigenvalue weighted by Crippen LogP contribution is -2.29. The minimum Gasteiger partial charge on any atom is -0.481 e. The summed E-state index contributed by atoms with van der Waals surface area (Å²) in [4.78, 5) is 9.00. The second-order valence-corrected chi connectivity index (χ2v) is 3.91. The van der Waals surface area contributed by atoms with E-state index < -0.39 is 5.97 Å². The van der Waals surface area contributed by atoms with E-state index in [-0.39, 0.29) is 0 Å². The molecule has 0 radical (unpaired) electrons. The van der Waals surface area contributed by atoms with Crippen molar-refractivity contribution in [1.29, 1.82) is 0 Å². The van der Waals surface area contributed by atoms with Crippen LogP contribution in [0.25, 0.3) is 0 Å². The molecule has 1 heterocycles. The van der Waals surface area contributed by atoms with Crippen LogP contribution in [0.3, 0.4) is 0 Å². The van der Waals surface area contributed by atoms with Crippen molar-refractivity contribution in [3.05, 3.63) is 0 Å². The number of carboxylic acid groups (broad SMARTS) is 1. The summed E-state index contributed by atoms with van der Waals surface area (Å²) in [6, 6.07) is 0.916. The lowest BCUT2D eigenvalue weighted by molar-refractivity contribution is -0.134. The van der Waals surface area contributed by atoms with Gasteiger partial charge in [-0.1, -0.05) is 12.8 Å². The van der Waals surface area contributed by atoms with E-state index in [9.17, 15) is 0 Å². The van der Waals surface area contributed by atoms with Gasteiger partial charge in [-0.3, -0.25) is 4.79 Å². The predicted octanol–water partition coefficient (Wildman–Crippen LogP) is 1.63. The molecule has 1 saturated carbocycles. The smallest absolute Gasteiger partial charge is 0.300 e. The van der Waals surface area contributed by atoms with Crippen LogP contribution in [0.15, 0.2) is 0 Å². The summed E-state index contributed by atoms with van der Waals surface area (Å²) in [7, 11) is 0. The molecule has 0 amide bonds. The Morgan fingerprint density at radius 1 is 1.31 bits per heavy atom. The van der Waals surface area contributed by atoms with Crippen molar-refractivity contribution in [1.82, 2.24) is 5.32 Å². The summed E-state index contributed by atoms with van der Waals surface area (Å²) < 4.78 is 0. The van der Waals surface area contributed by atoms with Crippen molar-refractivity contribution in [2.75, 3.05) is 6.54 Å². The third kappa shape index (κ3) is 3.77. The monoisotopic (exact) mass is 185 g/mol. The lowest BCUT2D eigenvalue weighted by Gasteiger charge is -2.24. The first-order chi connectivity index (χ1) is 6.20. The van der Waals surface area contributed by atoms with Crippen molar-refractivity contribution in [3.63, 3.8) is 0 Å². The van der Waals surface area contributed by atoms with Gasteiger partial charge in [0.05, 0.1) is 0 Å². The van der Waals surface area contributed by atoms with Gasteiger partial charge in [0, 0.05) is 13.0 Å². The van der Waals surface area contributed by atoms with Gasteiger partial charge >= 0.3 is 0 Å². The van der Waals surface area contributed by atoms with Crippen LogP contribution in [-0.2, 0) is 4.79 Å². The van der Waals surface area contributed by atoms with Gasteiger partial charge in [-0.05, 0) is 31.7 Å². The molecule has 2 N–H and O–H groups in total. The van der Waals surface area contributed by atoms with Gasteiger partial charge in [-0.15, -0.1) is 0 Å². The molecule has 2 rings (SSSR count). The Bertz CT molecular complexity index is 154. The minimum absolute atomic E-state index is 0.833. The quantitative estimate of drug-likeness (QED) is 0.603. The van der Waals surface area contributed by atoms with Gasteiger partial charge < -0.3 is 10.4 Å². The molecule has 0 unspecified atom stereocenters. The van der Waals surface area contributed by atoms with Gasteiger partial charge in [-0.25, -0.2) is 0 Å². The van der Waals surface area contributed by atoms with E-state index in [0.717, 1.165) is 18.9 Å². The largest absolute Gasteiger partial charge is 0.481 e. The van der Waals surface area contributed by atoms with Crippen LogP contribution in [-0.4, -0.2) is 23.7 Å². The van der Waals surface area contributed by atoms with Crippen LogP contribution in [0.2, 0.25) is 0 Å². The highest BCUT2D eigenvalue weighted by Crippen LogP contribution is 2.29. The fourth-order valence-electron chi connectivity index (χ4n) is 2.28. The number of rotatable bonds is 0. The second kappa shape index (κ2) is 5.22. The topological polar surface area (TPSA) is 49.3 Å². The van der Waals surface area contributed by atoms with Crippen LogP contribution >= 0.6 is 0 Å². The number of carboxylic acids is 1. The maximum absolute atomic E-state index is 9.00. The standard InChI is InChI=1S/C8H15N.C2H4O2/c1-2-4-8-7(3-1)5-6-9-8;1-2(3)4/h7-9H,1-6H2;1H3,(H,3,4)/t7-,8-;/m1./s1. The number of carbonyl (C=O) groups is 1. The van der Waals surface area contributed by atoms with Crippen LogP contribution in [0.1, 0.15) is 39.0 Å². The SMILES string of the molecule is C1CC[C@H]2NCC[C@H]2C1.CC(=O)O. The summed E-state index contributed by atoms with van der Waals surface area (Å²) in [6.07, 6.45) is 7.35. The highest BCUT2D eigenvalue weighted by Gasteiger charge is 2.28. The Balaban J connectivity index is 0.000000184. The molecule has 0 spiro atoms. The molecule has 1 saturated heterocycles. The predicted molar refractivity (Wildman–Crippen MR) is 51.7 cm³/mol. The lowest BCUT2D eigenvalue weighted by atomic mass is 9.86. The zero-order chi connectivity index (χ0) is 9.68. The number of hydrogen-bond donors (Lipinski definition) is 2. The van der Waals surface area contributed by atoms with E-state index >= 15 is 0 Å². The molecule has 0 bridgehead atoms. The summed E-state index contributed by atoms with van der Waals surface area (Å²) in [6.45, 7) is 2.37. The molecule has 13 heavy (non-hydrogen) atoms. The first-order valence-electron chi connectivity index (χ1n) is 5.13. The molecule has 3 heteroatoms. The summed E-state index contributed by atoms with van der Waals surface area (Å²) in [5, 5.41) is 11.0. The zero-order valence-corrected chi connectivity index (χ0v) is 8.25. The Hall–Kier alpha value is -0.570. The van der Waals surface area contributed by atoms with E-state index in [1.165, 1.54) is 38.6 Å². The Kier molecular flexibility index (Phi) is 4.22. The first-order valence-corrected chi connectivity index (χ1v) is 5.13. The van der Waals surface area contributed by atoms with Crippen molar-refractivity contribution in [2.24, 2.45) is 5.92 Å². The molecule has 76 valence electrons. The van der Waals surface area contributed by atoms with E-state index in [1.54, 1.807) is 0 Å². The number of hydrogen-bond acceptors (Lipinski definition) is 2. The Labute approximate surface area is 79.5 Å². The average molecular weight is 185 g/mol. The van der Waals surface area contributed by atoms with E-state index in [0.29, 0.717) is 0 Å². The molecule has 2 atom stereocenters. The molecule has 0 aromatic heterocycles. The highest BCUT2D eigenvalue weighted by molar-refractivity contribution is 5.62. The van der Waals surface area contributed by atoms with Crippen molar-refractivity contribution in [3.8, 4) is 0 Å².